The largest absolute Gasteiger partial charge is 0.496 e. The van der Waals surface area contributed by atoms with Crippen LogP contribution in [0.4, 0.5) is 0 Å². The maximum atomic E-state index is 5.67. The van der Waals surface area contributed by atoms with Gasteiger partial charge in [0.05, 0.1) is 26.0 Å². The third-order valence-corrected chi connectivity index (χ3v) is 4.04. The first kappa shape index (κ1) is 15.8. The lowest BCUT2D eigenvalue weighted by atomic mass is 10.1. The Balaban J connectivity index is 2.24. The molecule has 114 valence electrons. The monoisotopic (exact) mass is 306 g/mol. The molecule has 0 aliphatic heterocycles. The molecule has 1 unspecified atom stereocenters. The standard InChI is InChI=1S/C16H22N2O2S/c1-4-6-20-13-7-12(9-17-10-13)16(18-5-2)15-8-14(19-3)11-21-15/h7-11,16,18H,4-6H2,1-3H3. The van der Waals surface area contributed by atoms with Crippen LogP contribution in [0.2, 0.25) is 0 Å². The Labute approximate surface area is 130 Å². The van der Waals surface area contributed by atoms with Gasteiger partial charge in [-0.3, -0.25) is 4.98 Å². The number of pyridine rings is 1. The topological polar surface area (TPSA) is 43.4 Å². The second-order valence-corrected chi connectivity index (χ2v) is 5.62. The summed E-state index contributed by atoms with van der Waals surface area (Å²) in [5.74, 6) is 1.71. The number of thiophene rings is 1. The van der Waals surface area contributed by atoms with Gasteiger partial charge in [-0.1, -0.05) is 13.8 Å². The summed E-state index contributed by atoms with van der Waals surface area (Å²) in [6, 6.07) is 4.24. The third-order valence-electron chi connectivity index (χ3n) is 3.06. The predicted octanol–water partition coefficient (Wildman–Crippen LogP) is 3.64. The number of nitrogens with one attached hydrogen (secondary N) is 1. The van der Waals surface area contributed by atoms with Crippen molar-refractivity contribution in [2.24, 2.45) is 0 Å². The van der Waals surface area contributed by atoms with E-state index in [4.69, 9.17) is 9.47 Å². The molecule has 2 rings (SSSR count). The smallest absolute Gasteiger partial charge is 0.137 e. The molecule has 4 nitrogen and oxygen atoms in total. The lowest BCUT2D eigenvalue weighted by Crippen LogP contribution is -2.21. The van der Waals surface area contributed by atoms with E-state index in [1.807, 2.05) is 11.6 Å². The number of hydrogen-bond donors (Lipinski definition) is 1. The molecular formula is C16H22N2O2S. The van der Waals surface area contributed by atoms with Crippen molar-refractivity contribution < 1.29 is 9.47 Å². The highest BCUT2D eigenvalue weighted by molar-refractivity contribution is 7.10. The van der Waals surface area contributed by atoms with E-state index in [1.54, 1.807) is 24.6 Å². The van der Waals surface area contributed by atoms with E-state index in [2.05, 4.69) is 36.3 Å². The minimum atomic E-state index is 0.113. The average molecular weight is 306 g/mol. The number of hydrogen-bond acceptors (Lipinski definition) is 5. The summed E-state index contributed by atoms with van der Waals surface area (Å²) in [6.45, 7) is 5.79. The van der Waals surface area contributed by atoms with Crippen molar-refractivity contribution in [3.8, 4) is 11.5 Å². The quantitative estimate of drug-likeness (QED) is 0.808. The van der Waals surface area contributed by atoms with Crippen LogP contribution in [0.5, 0.6) is 11.5 Å². The van der Waals surface area contributed by atoms with E-state index in [0.29, 0.717) is 6.61 Å². The Morgan fingerprint density at radius 2 is 2.10 bits per heavy atom. The van der Waals surface area contributed by atoms with Crippen LogP contribution in [0, 0.1) is 0 Å². The molecule has 0 saturated carbocycles. The zero-order chi connectivity index (χ0) is 15.1. The summed E-state index contributed by atoms with van der Waals surface area (Å²) in [6.07, 6.45) is 4.64. The molecule has 2 aromatic heterocycles. The summed E-state index contributed by atoms with van der Waals surface area (Å²) in [4.78, 5) is 5.51. The number of nitrogens with zero attached hydrogens (tertiary/aromatic N) is 1. The van der Waals surface area contributed by atoms with Gasteiger partial charge in [0.1, 0.15) is 11.5 Å². The molecule has 1 atom stereocenters. The second kappa shape index (κ2) is 8.00. The van der Waals surface area contributed by atoms with E-state index in [9.17, 15) is 0 Å². The summed E-state index contributed by atoms with van der Waals surface area (Å²) in [5, 5.41) is 5.51. The fourth-order valence-electron chi connectivity index (χ4n) is 2.07. The number of methoxy groups -OCH3 is 1. The molecule has 2 heterocycles. The molecule has 0 saturated heterocycles. The summed E-state index contributed by atoms with van der Waals surface area (Å²) in [7, 11) is 1.69. The van der Waals surface area contributed by atoms with Gasteiger partial charge in [-0.15, -0.1) is 11.3 Å². The lowest BCUT2D eigenvalue weighted by Gasteiger charge is -2.17. The molecule has 1 N–H and O–H groups in total. The fourth-order valence-corrected chi connectivity index (χ4v) is 3.03. The summed E-state index contributed by atoms with van der Waals surface area (Å²) in [5.41, 5.74) is 1.11. The SMILES string of the molecule is CCCOc1cncc(C(NCC)c2cc(OC)cs2)c1. The van der Waals surface area contributed by atoms with Gasteiger partial charge in [0.25, 0.3) is 0 Å². The van der Waals surface area contributed by atoms with Crippen molar-refractivity contribution >= 4 is 11.3 Å². The van der Waals surface area contributed by atoms with Crippen molar-refractivity contribution in [3.05, 3.63) is 40.3 Å². The van der Waals surface area contributed by atoms with Crippen LogP contribution in [-0.4, -0.2) is 25.2 Å². The van der Waals surface area contributed by atoms with Crippen LogP contribution in [0.1, 0.15) is 36.8 Å². The van der Waals surface area contributed by atoms with Gasteiger partial charge in [0.15, 0.2) is 0 Å². The minimum Gasteiger partial charge on any atom is -0.496 e. The molecular weight excluding hydrogens is 284 g/mol. The molecule has 5 heteroatoms. The molecule has 0 radical (unpaired) electrons. The Morgan fingerprint density at radius 3 is 2.76 bits per heavy atom. The molecule has 2 aromatic rings. The van der Waals surface area contributed by atoms with Gasteiger partial charge >= 0.3 is 0 Å². The highest BCUT2D eigenvalue weighted by atomic mass is 32.1. The van der Waals surface area contributed by atoms with Crippen molar-refractivity contribution in [2.75, 3.05) is 20.3 Å². The van der Waals surface area contributed by atoms with Crippen LogP contribution in [0.15, 0.2) is 29.9 Å². The fraction of sp³-hybridized carbons (Fsp3) is 0.438. The van der Waals surface area contributed by atoms with Gasteiger partial charge in [0.2, 0.25) is 0 Å². The molecule has 0 fully saturated rings. The van der Waals surface area contributed by atoms with Crippen molar-refractivity contribution in [2.45, 2.75) is 26.3 Å². The Morgan fingerprint density at radius 1 is 1.24 bits per heavy atom. The van der Waals surface area contributed by atoms with Crippen molar-refractivity contribution in [1.82, 2.24) is 10.3 Å². The summed E-state index contributed by atoms with van der Waals surface area (Å²) < 4.78 is 11.0. The van der Waals surface area contributed by atoms with Gasteiger partial charge in [0, 0.05) is 16.5 Å². The van der Waals surface area contributed by atoms with Crippen LogP contribution in [0.3, 0.4) is 0 Å². The van der Waals surface area contributed by atoms with Gasteiger partial charge in [-0.05, 0) is 30.7 Å². The first-order chi connectivity index (χ1) is 10.3. The molecule has 0 spiro atoms. The first-order valence-corrected chi connectivity index (χ1v) is 8.10. The van der Waals surface area contributed by atoms with E-state index in [-0.39, 0.29) is 6.04 Å². The maximum absolute atomic E-state index is 5.67. The Bertz CT molecular complexity index is 557. The highest BCUT2D eigenvalue weighted by Gasteiger charge is 2.16. The number of ether oxygens (including phenoxy) is 2. The normalized spacial score (nSPS) is 12.1. The van der Waals surface area contributed by atoms with Crippen LogP contribution >= 0.6 is 11.3 Å². The molecule has 21 heavy (non-hydrogen) atoms. The van der Waals surface area contributed by atoms with Gasteiger partial charge < -0.3 is 14.8 Å². The molecule has 0 aliphatic rings. The predicted molar refractivity (Wildman–Crippen MR) is 86.4 cm³/mol. The van der Waals surface area contributed by atoms with Crippen LogP contribution < -0.4 is 14.8 Å². The van der Waals surface area contributed by atoms with Crippen molar-refractivity contribution in [1.29, 1.82) is 0 Å². The zero-order valence-electron chi connectivity index (χ0n) is 12.8. The number of rotatable bonds is 8. The molecule has 0 aromatic carbocycles. The summed E-state index contributed by atoms with van der Waals surface area (Å²) >= 11 is 1.68. The maximum Gasteiger partial charge on any atom is 0.137 e. The van der Waals surface area contributed by atoms with Gasteiger partial charge in [-0.25, -0.2) is 0 Å². The molecule has 0 bridgehead atoms. The minimum absolute atomic E-state index is 0.113. The van der Waals surface area contributed by atoms with Crippen molar-refractivity contribution in [3.63, 3.8) is 0 Å². The highest BCUT2D eigenvalue weighted by Crippen LogP contribution is 2.31. The first-order valence-electron chi connectivity index (χ1n) is 7.22. The molecule has 0 aliphatic carbocycles. The van der Waals surface area contributed by atoms with E-state index >= 15 is 0 Å². The van der Waals surface area contributed by atoms with Gasteiger partial charge in [-0.2, -0.15) is 0 Å². The lowest BCUT2D eigenvalue weighted by molar-refractivity contribution is 0.315. The Kier molecular flexibility index (Phi) is 6.02. The second-order valence-electron chi connectivity index (χ2n) is 4.68. The van der Waals surface area contributed by atoms with Crippen LogP contribution in [-0.2, 0) is 0 Å². The third kappa shape index (κ3) is 4.19. The zero-order valence-corrected chi connectivity index (χ0v) is 13.6. The Hall–Kier alpha value is -1.59. The average Bonchev–Trinajstić information content (AvgIpc) is 2.99. The number of aromatic nitrogens is 1. The van der Waals surface area contributed by atoms with E-state index < -0.39 is 0 Å². The van der Waals surface area contributed by atoms with E-state index in [0.717, 1.165) is 30.0 Å². The molecule has 0 amide bonds. The van der Waals surface area contributed by atoms with Crippen LogP contribution in [0.25, 0.3) is 0 Å². The van der Waals surface area contributed by atoms with E-state index in [1.165, 1.54) is 4.88 Å².